The van der Waals surface area contributed by atoms with Crippen LogP contribution < -0.4 is 4.90 Å². The van der Waals surface area contributed by atoms with E-state index in [4.69, 9.17) is 0 Å². The van der Waals surface area contributed by atoms with E-state index in [0.717, 1.165) is 32.6 Å². The van der Waals surface area contributed by atoms with Crippen LogP contribution in [0.2, 0.25) is 0 Å². The molecule has 1 aromatic carbocycles. The number of benzene rings is 1. The number of thioether (sulfide) groups is 1. The van der Waals surface area contributed by atoms with E-state index in [9.17, 15) is 4.79 Å². The lowest BCUT2D eigenvalue weighted by molar-refractivity contribution is -0.130. The first-order chi connectivity index (χ1) is 11.3. The number of carbonyl (C=O) groups excluding carboxylic acids is 1. The van der Waals surface area contributed by atoms with E-state index in [1.54, 1.807) is 11.8 Å². The third-order valence-electron chi connectivity index (χ3n) is 4.54. The van der Waals surface area contributed by atoms with E-state index < -0.39 is 0 Å². The van der Waals surface area contributed by atoms with Gasteiger partial charge in [0.25, 0.3) is 0 Å². The van der Waals surface area contributed by atoms with E-state index >= 15 is 0 Å². The summed E-state index contributed by atoms with van der Waals surface area (Å²) in [6, 6.07) is 12.4. The fourth-order valence-electron chi connectivity index (χ4n) is 3.26. The maximum atomic E-state index is 12.8. The van der Waals surface area contributed by atoms with Crippen molar-refractivity contribution in [3.63, 3.8) is 0 Å². The minimum absolute atomic E-state index is 0.0554. The van der Waals surface area contributed by atoms with Gasteiger partial charge in [-0.1, -0.05) is 18.2 Å². The first kappa shape index (κ1) is 14.6. The molecule has 0 bridgehead atoms. The summed E-state index contributed by atoms with van der Waals surface area (Å²) < 4.78 is 0. The number of anilines is 1. The molecule has 0 radical (unpaired) electrons. The highest BCUT2D eigenvalue weighted by molar-refractivity contribution is 8.01. The third kappa shape index (κ3) is 2.93. The monoisotopic (exact) mass is 325 g/mol. The standard InChI is InChI=1S/C18H19N3OS/c22-18(17-13-14-3-1-2-4-16(14)23-17)21-11-9-20(10-12-21)15-5-7-19-8-6-15/h1-8,17H,9-13H2/t17-/m1/s1. The molecule has 2 aliphatic heterocycles. The Bertz CT molecular complexity index is 673. The van der Waals surface area contributed by atoms with Crippen LogP contribution in [0.4, 0.5) is 5.69 Å². The summed E-state index contributed by atoms with van der Waals surface area (Å²) in [5.41, 5.74) is 2.50. The van der Waals surface area contributed by atoms with Crippen LogP contribution in [-0.4, -0.2) is 47.2 Å². The summed E-state index contributed by atoms with van der Waals surface area (Å²) in [6.45, 7) is 3.38. The molecule has 5 heteroatoms. The highest BCUT2D eigenvalue weighted by Gasteiger charge is 2.32. The highest BCUT2D eigenvalue weighted by Crippen LogP contribution is 2.37. The molecule has 0 saturated carbocycles. The number of fused-ring (bicyclic) bond motifs is 1. The van der Waals surface area contributed by atoms with Gasteiger partial charge in [-0.2, -0.15) is 0 Å². The second kappa shape index (κ2) is 6.24. The average Bonchev–Trinajstić information content (AvgIpc) is 3.06. The molecule has 3 heterocycles. The first-order valence-electron chi connectivity index (χ1n) is 7.99. The number of pyridine rings is 1. The molecule has 1 amide bonds. The number of rotatable bonds is 2. The Morgan fingerprint density at radius 2 is 1.78 bits per heavy atom. The van der Waals surface area contributed by atoms with Crippen LogP contribution in [0.5, 0.6) is 0 Å². The topological polar surface area (TPSA) is 36.4 Å². The minimum Gasteiger partial charge on any atom is -0.368 e. The molecule has 1 atom stereocenters. The lowest BCUT2D eigenvalue weighted by Crippen LogP contribution is -2.51. The molecule has 118 valence electrons. The van der Waals surface area contributed by atoms with Gasteiger partial charge in [0.1, 0.15) is 0 Å². The largest absolute Gasteiger partial charge is 0.368 e. The molecule has 4 nitrogen and oxygen atoms in total. The van der Waals surface area contributed by atoms with Gasteiger partial charge in [-0.05, 0) is 30.2 Å². The summed E-state index contributed by atoms with van der Waals surface area (Å²) in [4.78, 5) is 22.5. The maximum Gasteiger partial charge on any atom is 0.236 e. The van der Waals surface area contributed by atoms with Crippen molar-refractivity contribution in [3.05, 3.63) is 54.4 Å². The molecule has 1 aromatic heterocycles. The van der Waals surface area contributed by atoms with Crippen LogP contribution in [0.25, 0.3) is 0 Å². The first-order valence-corrected chi connectivity index (χ1v) is 8.87. The van der Waals surface area contributed by atoms with Gasteiger partial charge in [-0.3, -0.25) is 9.78 Å². The number of nitrogens with zero attached hydrogens (tertiary/aromatic N) is 3. The van der Waals surface area contributed by atoms with Gasteiger partial charge in [-0.25, -0.2) is 0 Å². The number of piperazine rings is 1. The molecule has 0 N–H and O–H groups in total. The molecule has 23 heavy (non-hydrogen) atoms. The SMILES string of the molecule is O=C([C@H]1Cc2ccccc2S1)N1CCN(c2ccncc2)CC1. The number of hydrogen-bond donors (Lipinski definition) is 0. The van der Waals surface area contributed by atoms with Crippen molar-refractivity contribution in [2.75, 3.05) is 31.1 Å². The van der Waals surface area contributed by atoms with Gasteiger partial charge >= 0.3 is 0 Å². The molecule has 4 rings (SSSR count). The van der Waals surface area contributed by atoms with Crippen molar-refractivity contribution in [1.82, 2.24) is 9.88 Å². The quantitative estimate of drug-likeness (QED) is 0.850. The molecular weight excluding hydrogens is 306 g/mol. The zero-order valence-corrected chi connectivity index (χ0v) is 13.7. The Labute approximate surface area is 140 Å². The average molecular weight is 325 g/mol. The van der Waals surface area contributed by atoms with E-state index in [-0.39, 0.29) is 5.25 Å². The van der Waals surface area contributed by atoms with Gasteiger partial charge in [0, 0.05) is 49.2 Å². The zero-order chi connectivity index (χ0) is 15.6. The van der Waals surface area contributed by atoms with E-state index in [2.05, 4.69) is 28.1 Å². The second-order valence-electron chi connectivity index (χ2n) is 5.94. The molecule has 2 aliphatic rings. The van der Waals surface area contributed by atoms with Crippen molar-refractivity contribution in [3.8, 4) is 0 Å². The van der Waals surface area contributed by atoms with E-state index in [0.29, 0.717) is 5.91 Å². The lowest BCUT2D eigenvalue weighted by atomic mass is 10.1. The fraction of sp³-hybridized carbons (Fsp3) is 0.333. The Morgan fingerprint density at radius 3 is 2.52 bits per heavy atom. The van der Waals surface area contributed by atoms with Crippen LogP contribution in [0.3, 0.4) is 0 Å². The van der Waals surface area contributed by atoms with Crippen LogP contribution in [0.15, 0.2) is 53.7 Å². The smallest absolute Gasteiger partial charge is 0.236 e. The molecule has 0 aliphatic carbocycles. The predicted octanol–water partition coefficient (Wildman–Crippen LogP) is 2.45. The Kier molecular flexibility index (Phi) is 3.95. The van der Waals surface area contributed by atoms with Gasteiger partial charge in [-0.15, -0.1) is 11.8 Å². The van der Waals surface area contributed by atoms with E-state index in [1.165, 1.54) is 16.1 Å². The Morgan fingerprint density at radius 1 is 1.04 bits per heavy atom. The van der Waals surface area contributed by atoms with Crippen molar-refractivity contribution < 1.29 is 4.79 Å². The van der Waals surface area contributed by atoms with Crippen molar-refractivity contribution in [2.24, 2.45) is 0 Å². The molecule has 1 saturated heterocycles. The summed E-state index contributed by atoms with van der Waals surface area (Å²) in [5.74, 6) is 0.292. The summed E-state index contributed by atoms with van der Waals surface area (Å²) in [5, 5.41) is 0.0554. The van der Waals surface area contributed by atoms with Gasteiger partial charge in [0.05, 0.1) is 5.25 Å². The summed E-state index contributed by atoms with van der Waals surface area (Å²) in [7, 11) is 0. The van der Waals surface area contributed by atoms with Crippen LogP contribution in [0.1, 0.15) is 5.56 Å². The normalized spacial score (nSPS) is 20.4. The third-order valence-corrected chi connectivity index (χ3v) is 5.85. The number of aromatic nitrogens is 1. The molecule has 1 fully saturated rings. The van der Waals surface area contributed by atoms with Crippen molar-refractivity contribution >= 4 is 23.4 Å². The molecular formula is C18H19N3OS. The van der Waals surface area contributed by atoms with Crippen molar-refractivity contribution in [2.45, 2.75) is 16.6 Å². The minimum atomic E-state index is 0.0554. The van der Waals surface area contributed by atoms with Crippen LogP contribution in [-0.2, 0) is 11.2 Å². The van der Waals surface area contributed by atoms with Gasteiger partial charge < -0.3 is 9.80 Å². The lowest BCUT2D eigenvalue weighted by Gasteiger charge is -2.37. The van der Waals surface area contributed by atoms with Gasteiger partial charge in [0.15, 0.2) is 0 Å². The zero-order valence-electron chi connectivity index (χ0n) is 12.9. The van der Waals surface area contributed by atoms with Crippen molar-refractivity contribution in [1.29, 1.82) is 0 Å². The number of carbonyl (C=O) groups is 1. The molecule has 0 unspecified atom stereocenters. The second-order valence-corrected chi connectivity index (χ2v) is 7.18. The Balaban J connectivity index is 1.37. The molecule has 0 spiro atoms. The number of amides is 1. The predicted molar refractivity (Wildman–Crippen MR) is 92.8 cm³/mol. The fourth-order valence-corrected chi connectivity index (χ4v) is 4.54. The van der Waals surface area contributed by atoms with Gasteiger partial charge in [0.2, 0.25) is 5.91 Å². The maximum absolute atomic E-state index is 12.8. The van der Waals surface area contributed by atoms with E-state index in [1.807, 2.05) is 35.5 Å². The summed E-state index contributed by atoms with van der Waals surface area (Å²) >= 11 is 1.72. The number of hydrogen-bond acceptors (Lipinski definition) is 4. The van der Waals surface area contributed by atoms with Crippen LogP contribution >= 0.6 is 11.8 Å². The Hall–Kier alpha value is -2.01. The summed E-state index contributed by atoms with van der Waals surface area (Å²) in [6.07, 6.45) is 4.50. The highest BCUT2D eigenvalue weighted by atomic mass is 32.2. The molecule has 2 aromatic rings. The van der Waals surface area contributed by atoms with Crippen LogP contribution in [0, 0.1) is 0 Å².